The Bertz CT molecular complexity index is 548. The van der Waals surface area contributed by atoms with Crippen LogP contribution in [-0.4, -0.2) is 23.0 Å². The van der Waals surface area contributed by atoms with Gasteiger partial charge in [-0.25, -0.2) is 4.98 Å². The van der Waals surface area contributed by atoms with Gasteiger partial charge >= 0.3 is 5.97 Å². The lowest BCUT2D eigenvalue weighted by molar-refractivity contribution is -0.140. The number of imidazole rings is 1. The zero-order chi connectivity index (χ0) is 12.4. The lowest BCUT2D eigenvalue weighted by Crippen LogP contribution is -2.05. The third kappa shape index (κ3) is 2.38. The Balaban J connectivity index is 2.26. The minimum Gasteiger partial charge on any atom is -0.469 e. The number of rotatable bonds is 3. The largest absolute Gasteiger partial charge is 0.469 e. The summed E-state index contributed by atoms with van der Waals surface area (Å²) < 4.78 is 4.65. The summed E-state index contributed by atoms with van der Waals surface area (Å²) in [7, 11) is 1.40. The molecule has 1 aromatic heterocycles. The molecule has 0 amide bonds. The first-order valence-electron chi connectivity index (χ1n) is 5.42. The number of H-pyrrole nitrogens is 1. The molecule has 0 saturated heterocycles. The average Bonchev–Trinajstić information content (AvgIpc) is 2.67. The monoisotopic (exact) mass is 233 g/mol. The molecule has 1 heterocycles. The van der Waals surface area contributed by atoms with E-state index in [0.29, 0.717) is 12.4 Å². The fourth-order valence-corrected chi connectivity index (χ4v) is 1.80. The van der Waals surface area contributed by atoms with Crippen LogP contribution in [0, 0.1) is 0 Å². The average molecular weight is 233 g/mol. The van der Waals surface area contributed by atoms with Crippen LogP contribution in [0.25, 0.3) is 11.0 Å². The number of nitrogens with one attached hydrogen (secondary N) is 1. The van der Waals surface area contributed by atoms with E-state index in [0.717, 1.165) is 16.6 Å². The van der Waals surface area contributed by atoms with Crippen LogP contribution in [-0.2, 0) is 9.53 Å². The van der Waals surface area contributed by atoms with E-state index in [1.54, 1.807) is 0 Å². The molecule has 1 atom stereocenters. The number of hydrogen-bond donors (Lipinski definition) is 2. The number of esters is 1. The SMILES string of the molecule is COC(=O)CC(C)c1ccc2nc(N)[nH]c2c1. The molecule has 0 aliphatic carbocycles. The van der Waals surface area contributed by atoms with Crippen LogP contribution in [0.5, 0.6) is 0 Å². The molecule has 0 aliphatic rings. The summed E-state index contributed by atoms with van der Waals surface area (Å²) in [5, 5.41) is 0. The first-order valence-corrected chi connectivity index (χ1v) is 5.42. The first kappa shape index (κ1) is 11.4. The molecule has 5 heteroatoms. The summed E-state index contributed by atoms with van der Waals surface area (Å²) in [5.41, 5.74) is 8.36. The molecule has 0 bridgehead atoms. The van der Waals surface area contributed by atoms with Gasteiger partial charge in [-0.2, -0.15) is 0 Å². The van der Waals surface area contributed by atoms with Gasteiger partial charge in [0.25, 0.3) is 0 Å². The second-order valence-corrected chi connectivity index (χ2v) is 4.08. The predicted octanol–water partition coefficient (Wildman–Crippen LogP) is 1.81. The molecule has 0 aliphatic heterocycles. The fraction of sp³-hybridized carbons (Fsp3) is 0.333. The van der Waals surface area contributed by atoms with Crippen LogP contribution in [0.2, 0.25) is 0 Å². The van der Waals surface area contributed by atoms with Gasteiger partial charge in [0, 0.05) is 0 Å². The third-order valence-electron chi connectivity index (χ3n) is 2.79. The molecule has 0 fully saturated rings. The maximum atomic E-state index is 11.2. The molecule has 2 aromatic rings. The van der Waals surface area contributed by atoms with Crippen LogP contribution < -0.4 is 5.73 Å². The van der Waals surface area contributed by atoms with Gasteiger partial charge in [-0.15, -0.1) is 0 Å². The number of carbonyl (C=O) groups is 1. The fourth-order valence-electron chi connectivity index (χ4n) is 1.80. The van der Waals surface area contributed by atoms with Crippen LogP contribution in [0.1, 0.15) is 24.8 Å². The summed E-state index contributed by atoms with van der Waals surface area (Å²) in [6.07, 6.45) is 0.367. The van der Waals surface area contributed by atoms with Gasteiger partial charge in [-0.3, -0.25) is 4.79 Å². The van der Waals surface area contributed by atoms with Crippen molar-refractivity contribution in [3.8, 4) is 0 Å². The van der Waals surface area contributed by atoms with Gasteiger partial charge in [0.1, 0.15) is 0 Å². The number of aromatic amines is 1. The molecular formula is C12H15N3O2. The standard InChI is InChI=1S/C12H15N3O2/c1-7(5-11(16)17-2)8-3-4-9-10(6-8)15-12(13)14-9/h3-4,6-7H,5H2,1-2H3,(H3,13,14,15). The number of methoxy groups -OCH3 is 1. The highest BCUT2D eigenvalue weighted by atomic mass is 16.5. The highest BCUT2D eigenvalue weighted by molar-refractivity contribution is 5.78. The zero-order valence-electron chi connectivity index (χ0n) is 9.86. The summed E-state index contributed by atoms with van der Waals surface area (Å²) in [5.74, 6) is 0.302. The van der Waals surface area contributed by atoms with E-state index in [1.165, 1.54) is 7.11 Å². The van der Waals surface area contributed by atoms with Crippen LogP contribution in [0.3, 0.4) is 0 Å². The van der Waals surface area contributed by atoms with Crippen molar-refractivity contribution >= 4 is 23.0 Å². The van der Waals surface area contributed by atoms with E-state index in [1.807, 2.05) is 25.1 Å². The van der Waals surface area contributed by atoms with E-state index in [9.17, 15) is 4.79 Å². The molecular weight excluding hydrogens is 218 g/mol. The van der Waals surface area contributed by atoms with Gasteiger partial charge in [-0.1, -0.05) is 13.0 Å². The maximum absolute atomic E-state index is 11.2. The van der Waals surface area contributed by atoms with Crippen LogP contribution >= 0.6 is 0 Å². The summed E-state index contributed by atoms with van der Waals surface area (Å²) >= 11 is 0. The molecule has 90 valence electrons. The van der Waals surface area contributed by atoms with E-state index in [4.69, 9.17) is 5.73 Å². The smallest absolute Gasteiger partial charge is 0.306 e. The van der Waals surface area contributed by atoms with Gasteiger partial charge in [0.2, 0.25) is 0 Å². The van der Waals surface area contributed by atoms with E-state index in [2.05, 4.69) is 14.7 Å². The van der Waals surface area contributed by atoms with Crippen molar-refractivity contribution in [3.05, 3.63) is 23.8 Å². The van der Waals surface area contributed by atoms with Crippen LogP contribution in [0.4, 0.5) is 5.95 Å². The minimum atomic E-state index is -0.207. The summed E-state index contributed by atoms with van der Waals surface area (Å²) in [6.45, 7) is 1.98. The van der Waals surface area contributed by atoms with Gasteiger partial charge in [-0.05, 0) is 23.6 Å². The van der Waals surface area contributed by atoms with Crippen molar-refractivity contribution in [3.63, 3.8) is 0 Å². The molecule has 0 radical (unpaired) electrons. The molecule has 1 unspecified atom stereocenters. The minimum absolute atomic E-state index is 0.108. The molecule has 2 rings (SSSR count). The third-order valence-corrected chi connectivity index (χ3v) is 2.79. The van der Waals surface area contributed by atoms with Gasteiger partial charge < -0.3 is 15.5 Å². The summed E-state index contributed by atoms with van der Waals surface area (Å²) in [6, 6.07) is 5.81. The Labute approximate surface area is 99.0 Å². The molecule has 0 spiro atoms. The normalized spacial score (nSPS) is 12.6. The highest BCUT2D eigenvalue weighted by Crippen LogP contribution is 2.23. The number of nitrogens with zero attached hydrogens (tertiary/aromatic N) is 1. The Morgan fingerprint density at radius 2 is 2.35 bits per heavy atom. The number of benzene rings is 1. The Morgan fingerprint density at radius 1 is 1.59 bits per heavy atom. The lowest BCUT2D eigenvalue weighted by atomic mass is 9.97. The summed E-state index contributed by atoms with van der Waals surface area (Å²) in [4.78, 5) is 18.3. The van der Waals surface area contributed by atoms with E-state index >= 15 is 0 Å². The highest BCUT2D eigenvalue weighted by Gasteiger charge is 2.12. The number of hydrogen-bond acceptors (Lipinski definition) is 4. The van der Waals surface area contributed by atoms with Gasteiger partial charge in [0.05, 0.1) is 24.6 Å². The maximum Gasteiger partial charge on any atom is 0.306 e. The van der Waals surface area contributed by atoms with Crippen LogP contribution in [0.15, 0.2) is 18.2 Å². The van der Waals surface area contributed by atoms with Gasteiger partial charge in [0.15, 0.2) is 5.95 Å². The molecule has 17 heavy (non-hydrogen) atoms. The number of nitrogen functional groups attached to an aromatic ring is 1. The van der Waals surface area contributed by atoms with E-state index < -0.39 is 0 Å². The number of aromatic nitrogens is 2. The van der Waals surface area contributed by atoms with Crippen molar-refractivity contribution in [2.75, 3.05) is 12.8 Å². The first-order chi connectivity index (χ1) is 8.10. The topological polar surface area (TPSA) is 81.0 Å². The number of ether oxygens (including phenoxy) is 1. The zero-order valence-corrected chi connectivity index (χ0v) is 9.86. The van der Waals surface area contributed by atoms with Crippen molar-refractivity contribution in [2.45, 2.75) is 19.3 Å². The molecule has 0 saturated carbocycles. The molecule has 5 nitrogen and oxygen atoms in total. The number of fused-ring (bicyclic) bond motifs is 1. The second kappa shape index (κ2) is 4.45. The van der Waals surface area contributed by atoms with Crippen molar-refractivity contribution in [1.29, 1.82) is 0 Å². The van der Waals surface area contributed by atoms with Crippen molar-refractivity contribution in [1.82, 2.24) is 9.97 Å². The Morgan fingerprint density at radius 3 is 3.06 bits per heavy atom. The quantitative estimate of drug-likeness (QED) is 0.792. The molecule has 1 aromatic carbocycles. The van der Waals surface area contributed by atoms with Crippen molar-refractivity contribution in [2.24, 2.45) is 0 Å². The second-order valence-electron chi connectivity index (χ2n) is 4.08. The number of nitrogens with two attached hydrogens (primary N) is 1. The lowest BCUT2D eigenvalue weighted by Gasteiger charge is -2.10. The number of carbonyl (C=O) groups excluding carboxylic acids is 1. The number of anilines is 1. The Kier molecular flexibility index (Phi) is 2.99. The Hall–Kier alpha value is -2.04. The van der Waals surface area contributed by atoms with E-state index in [-0.39, 0.29) is 11.9 Å². The molecule has 3 N–H and O–H groups in total. The van der Waals surface area contributed by atoms with Crippen molar-refractivity contribution < 1.29 is 9.53 Å². The predicted molar refractivity (Wildman–Crippen MR) is 65.6 cm³/mol.